The largest absolute Gasteiger partial charge is 0.491 e. The molecule has 1 aromatic heterocycles. The summed E-state index contributed by atoms with van der Waals surface area (Å²) in [5, 5.41) is 13.2. The van der Waals surface area contributed by atoms with Gasteiger partial charge in [-0.3, -0.25) is 4.79 Å². The predicted octanol–water partition coefficient (Wildman–Crippen LogP) is 4.00. The molecule has 0 bridgehead atoms. The molecule has 0 unspecified atom stereocenters. The van der Waals surface area contributed by atoms with Crippen LogP contribution in [0.25, 0.3) is 0 Å². The number of nitrogens with zero attached hydrogens (tertiary/aromatic N) is 2. The molecule has 3 heterocycles. The predicted molar refractivity (Wildman–Crippen MR) is 150 cm³/mol. The molecule has 1 fully saturated rings. The van der Waals surface area contributed by atoms with Crippen LogP contribution in [0.1, 0.15) is 48.4 Å². The zero-order valence-corrected chi connectivity index (χ0v) is 23.3. The van der Waals surface area contributed by atoms with Gasteiger partial charge >= 0.3 is 5.97 Å². The lowest BCUT2D eigenvalue weighted by Gasteiger charge is -2.24. The van der Waals surface area contributed by atoms with Gasteiger partial charge in [0.15, 0.2) is 0 Å². The van der Waals surface area contributed by atoms with Crippen LogP contribution in [0, 0.1) is 5.92 Å². The van der Waals surface area contributed by atoms with E-state index in [9.17, 15) is 9.90 Å². The number of carbonyl (C=O) groups is 1. The fourth-order valence-corrected chi connectivity index (χ4v) is 5.47. The number of benzene rings is 1. The first kappa shape index (κ1) is 29.1. The Hall–Kier alpha value is -2.88. The minimum Gasteiger partial charge on any atom is -0.491 e. The first-order chi connectivity index (χ1) is 19.0. The monoisotopic (exact) mass is 541 g/mol. The third-order valence-electron chi connectivity index (χ3n) is 7.52. The smallest absolute Gasteiger partial charge is 0.304 e. The van der Waals surface area contributed by atoms with Gasteiger partial charge in [0.05, 0.1) is 19.6 Å². The first-order valence-electron chi connectivity index (χ1n) is 14.1. The number of rotatable bonds is 16. The van der Waals surface area contributed by atoms with Gasteiger partial charge in [-0.25, -0.2) is 4.98 Å². The normalized spacial score (nSPS) is 17.8. The molecule has 214 valence electrons. The maximum Gasteiger partial charge on any atom is 0.304 e. The molecule has 2 aromatic rings. The molecule has 39 heavy (non-hydrogen) atoms. The Morgan fingerprint density at radius 3 is 2.54 bits per heavy atom. The Kier molecular flexibility index (Phi) is 11.2. The van der Waals surface area contributed by atoms with Gasteiger partial charge in [-0.05, 0) is 73.9 Å². The lowest BCUT2D eigenvalue weighted by atomic mass is 9.94. The Morgan fingerprint density at radius 2 is 1.85 bits per heavy atom. The van der Waals surface area contributed by atoms with Crippen molar-refractivity contribution in [3.05, 3.63) is 47.2 Å². The van der Waals surface area contributed by atoms with Crippen molar-refractivity contribution in [2.45, 2.75) is 44.4 Å². The van der Waals surface area contributed by atoms with Crippen LogP contribution in [0.3, 0.4) is 0 Å². The molecule has 0 radical (unpaired) electrons. The molecule has 0 aliphatic carbocycles. The third kappa shape index (κ3) is 9.08. The second-order valence-electron chi connectivity index (χ2n) is 10.5. The van der Waals surface area contributed by atoms with E-state index in [1.54, 1.807) is 14.2 Å². The molecule has 2 atom stereocenters. The second-order valence-corrected chi connectivity index (χ2v) is 10.5. The first-order valence-corrected chi connectivity index (χ1v) is 14.1. The quantitative estimate of drug-likeness (QED) is 0.305. The van der Waals surface area contributed by atoms with Gasteiger partial charge in [0, 0.05) is 51.5 Å². The fraction of sp³-hybridized carbons (Fsp3) is 0.600. The van der Waals surface area contributed by atoms with E-state index in [0.29, 0.717) is 50.4 Å². The maximum absolute atomic E-state index is 11.8. The highest BCUT2D eigenvalue weighted by atomic mass is 16.5. The number of fused-ring (bicyclic) bond motifs is 1. The Bertz CT molecular complexity index is 1040. The molecule has 1 aromatic carbocycles. The summed E-state index contributed by atoms with van der Waals surface area (Å²) in [6.07, 6.45) is 5.50. The zero-order chi connectivity index (χ0) is 27.5. The van der Waals surface area contributed by atoms with Crippen molar-refractivity contribution in [1.29, 1.82) is 0 Å². The SMILES string of the molecule is COCCOc1cc(OCCOC)cc([C@H](CC(=O)O)CN2CC[C@@H](CCc3ccc4c(n3)NCCC4)C2)c1. The topological polar surface area (TPSA) is 102 Å². The van der Waals surface area contributed by atoms with Crippen molar-refractivity contribution in [1.82, 2.24) is 9.88 Å². The number of methoxy groups -OCH3 is 2. The molecule has 4 rings (SSSR count). The summed E-state index contributed by atoms with van der Waals surface area (Å²) in [5.41, 5.74) is 3.38. The van der Waals surface area contributed by atoms with E-state index in [0.717, 1.165) is 62.4 Å². The van der Waals surface area contributed by atoms with E-state index in [1.807, 2.05) is 18.2 Å². The van der Waals surface area contributed by atoms with Crippen LogP contribution in [-0.2, 0) is 27.1 Å². The van der Waals surface area contributed by atoms with E-state index in [4.69, 9.17) is 23.9 Å². The molecule has 2 aliphatic heterocycles. The Morgan fingerprint density at radius 1 is 1.10 bits per heavy atom. The van der Waals surface area contributed by atoms with Gasteiger partial charge in [-0.15, -0.1) is 0 Å². The van der Waals surface area contributed by atoms with Crippen molar-refractivity contribution in [3.63, 3.8) is 0 Å². The Balaban J connectivity index is 1.38. The van der Waals surface area contributed by atoms with Crippen LogP contribution in [0.5, 0.6) is 11.5 Å². The summed E-state index contributed by atoms with van der Waals surface area (Å²) in [5.74, 6) is 1.96. The number of carboxylic acids is 1. The molecule has 1 saturated heterocycles. The number of aliphatic carboxylic acids is 1. The summed E-state index contributed by atoms with van der Waals surface area (Å²) in [6, 6.07) is 10.1. The molecule has 0 saturated carbocycles. The van der Waals surface area contributed by atoms with E-state index < -0.39 is 5.97 Å². The summed E-state index contributed by atoms with van der Waals surface area (Å²) < 4.78 is 22.0. The van der Waals surface area contributed by atoms with Crippen molar-refractivity contribution in [2.24, 2.45) is 5.92 Å². The van der Waals surface area contributed by atoms with E-state index in [-0.39, 0.29) is 12.3 Å². The number of ether oxygens (including phenoxy) is 4. The van der Waals surface area contributed by atoms with Gasteiger partial charge in [0.2, 0.25) is 0 Å². The number of carboxylic acid groups (broad SMARTS) is 1. The Labute approximate surface area is 231 Å². The lowest BCUT2D eigenvalue weighted by Crippen LogP contribution is -2.28. The van der Waals surface area contributed by atoms with Crippen LogP contribution in [0.2, 0.25) is 0 Å². The van der Waals surface area contributed by atoms with Crippen LogP contribution in [-0.4, -0.2) is 87.8 Å². The molecule has 9 heteroatoms. The van der Waals surface area contributed by atoms with Gasteiger partial charge in [-0.1, -0.05) is 6.07 Å². The summed E-state index contributed by atoms with van der Waals surface area (Å²) in [6.45, 7) is 5.38. The zero-order valence-electron chi connectivity index (χ0n) is 23.3. The highest BCUT2D eigenvalue weighted by molar-refractivity contribution is 5.68. The molecular weight excluding hydrogens is 498 g/mol. The van der Waals surface area contributed by atoms with Crippen molar-refractivity contribution in [3.8, 4) is 11.5 Å². The van der Waals surface area contributed by atoms with Crippen molar-refractivity contribution in [2.75, 3.05) is 72.1 Å². The standard InChI is InChI=1S/C30H43N3O6/c1-36-12-14-38-27-16-24(17-28(19-27)39-15-13-37-2)25(18-29(34)35)21-33-11-9-22(20-33)5-7-26-8-6-23-4-3-10-31-30(23)32-26/h6,8,16-17,19,22,25H,3-5,7,9-15,18,20-21H2,1-2H3,(H,31,32)(H,34,35)/t22-,25-/m1/s1. The lowest BCUT2D eigenvalue weighted by molar-refractivity contribution is -0.137. The van der Waals surface area contributed by atoms with Gasteiger partial charge < -0.3 is 34.3 Å². The molecule has 0 spiro atoms. The number of anilines is 1. The molecule has 2 aliphatic rings. The minimum absolute atomic E-state index is 0.0479. The van der Waals surface area contributed by atoms with Gasteiger partial charge in [0.25, 0.3) is 0 Å². The second kappa shape index (κ2) is 15.1. The van der Waals surface area contributed by atoms with Crippen molar-refractivity contribution >= 4 is 11.8 Å². The molecular formula is C30H43N3O6. The number of likely N-dealkylation sites (tertiary alicyclic amines) is 1. The summed E-state index contributed by atoms with van der Waals surface area (Å²) in [7, 11) is 3.26. The third-order valence-corrected chi connectivity index (χ3v) is 7.52. The van der Waals surface area contributed by atoms with E-state index in [2.05, 4.69) is 22.3 Å². The van der Waals surface area contributed by atoms with Crippen LogP contribution in [0.15, 0.2) is 30.3 Å². The highest BCUT2D eigenvalue weighted by Gasteiger charge is 2.27. The number of aromatic nitrogens is 1. The van der Waals surface area contributed by atoms with Gasteiger partial charge in [-0.2, -0.15) is 0 Å². The number of pyridine rings is 1. The highest BCUT2D eigenvalue weighted by Crippen LogP contribution is 2.32. The van der Waals surface area contributed by atoms with Gasteiger partial charge in [0.1, 0.15) is 30.5 Å². The van der Waals surface area contributed by atoms with Crippen LogP contribution in [0.4, 0.5) is 5.82 Å². The fourth-order valence-electron chi connectivity index (χ4n) is 5.47. The van der Waals surface area contributed by atoms with Crippen molar-refractivity contribution < 1.29 is 28.8 Å². The van der Waals surface area contributed by atoms with E-state index >= 15 is 0 Å². The van der Waals surface area contributed by atoms with E-state index in [1.165, 1.54) is 12.0 Å². The maximum atomic E-state index is 11.8. The molecule has 9 nitrogen and oxygen atoms in total. The average Bonchev–Trinajstić information content (AvgIpc) is 3.39. The van der Waals surface area contributed by atoms with Crippen LogP contribution < -0.4 is 14.8 Å². The summed E-state index contributed by atoms with van der Waals surface area (Å²) >= 11 is 0. The number of nitrogens with one attached hydrogen (secondary N) is 1. The summed E-state index contributed by atoms with van der Waals surface area (Å²) in [4.78, 5) is 19.1. The number of hydrogen-bond donors (Lipinski definition) is 2. The molecule has 0 amide bonds. The number of hydrogen-bond acceptors (Lipinski definition) is 8. The van der Waals surface area contributed by atoms with Crippen LogP contribution >= 0.6 is 0 Å². The molecule has 2 N–H and O–H groups in total. The minimum atomic E-state index is -0.810. The number of aryl methyl sites for hydroxylation is 2. The average molecular weight is 542 g/mol.